The monoisotopic (exact) mass is 1800 g/mol. The van der Waals surface area contributed by atoms with Crippen molar-refractivity contribution in [2.75, 3.05) is 19.6 Å². The van der Waals surface area contributed by atoms with Gasteiger partial charge in [-0.25, -0.2) is 0 Å². The maximum absolute atomic E-state index is 6.32. The van der Waals surface area contributed by atoms with E-state index in [-0.39, 0.29) is 21.7 Å². The molecule has 2 aromatic heterocycles. The van der Waals surface area contributed by atoms with Crippen LogP contribution in [0.4, 0.5) is 68.2 Å². The second kappa shape index (κ2) is 36.0. The van der Waals surface area contributed by atoms with Crippen LogP contribution in [0.3, 0.4) is 0 Å². The fourth-order valence-corrected chi connectivity index (χ4v) is 22.6. The molecule has 0 fully saturated rings. The fourth-order valence-electron chi connectivity index (χ4n) is 22.6. The lowest BCUT2D eigenvalue weighted by atomic mass is 9.75. The molecular formula is C134H108N4O2. The second-order valence-electron chi connectivity index (χ2n) is 39.6. The molecule has 0 N–H and O–H groups in total. The van der Waals surface area contributed by atoms with Gasteiger partial charge in [-0.2, -0.15) is 0 Å². The molecule has 2 aliphatic rings. The smallest absolute Gasteiger partial charge is 0.135 e. The molecule has 676 valence electrons. The summed E-state index contributed by atoms with van der Waals surface area (Å²) in [5, 5.41) is 4.43. The number of benzene rings is 20. The minimum atomic E-state index is -0.266. The first-order chi connectivity index (χ1) is 68.4. The quantitative estimate of drug-likeness (QED) is 0.0757. The molecule has 20 aromatic carbocycles. The molecule has 140 heavy (non-hydrogen) atoms. The van der Waals surface area contributed by atoms with E-state index >= 15 is 0 Å². The molecule has 2 heterocycles. The molecule has 0 amide bonds. The molecule has 0 saturated carbocycles. The van der Waals surface area contributed by atoms with Crippen LogP contribution in [0.1, 0.15) is 98.9 Å². The topological polar surface area (TPSA) is 39.2 Å². The number of furan rings is 2. The highest BCUT2D eigenvalue weighted by molar-refractivity contribution is 6.08. The van der Waals surface area contributed by atoms with Crippen LogP contribution in [0.25, 0.3) is 111 Å². The average Bonchev–Trinajstić information content (AvgIpc) is 1.57. The van der Waals surface area contributed by atoms with Crippen LogP contribution in [0.2, 0.25) is 0 Å². The molecule has 24 rings (SSSR count). The van der Waals surface area contributed by atoms with E-state index in [1.807, 2.05) is 24.3 Å². The van der Waals surface area contributed by atoms with Gasteiger partial charge in [0.1, 0.15) is 22.3 Å². The number of nitrogens with zero attached hydrogens (tertiary/aromatic N) is 4. The first-order valence-corrected chi connectivity index (χ1v) is 48.9. The van der Waals surface area contributed by atoms with E-state index in [1.165, 1.54) is 111 Å². The van der Waals surface area contributed by atoms with Gasteiger partial charge in [0.2, 0.25) is 0 Å². The van der Waals surface area contributed by atoms with Gasteiger partial charge in [-0.15, -0.1) is 0 Å². The Morgan fingerprint density at radius 2 is 0.400 bits per heavy atom. The van der Waals surface area contributed by atoms with Crippen LogP contribution in [0.15, 0.2) is 494 Å². The summed E-state index contributed by atoms with van der Waals surface area (Å²) in [5.74, 6) is 0. The van der Waals surface area contributed by atoms with Crippen molar-refractivity contribution < 1.29 is 8.83 Å². The highest BCUT2D eigenvalue weighted by atomic mass is 16.3. The SMILES string of the molecule is CC1(C)CC(C)(c2ccc(N(c3ccc(-c4ccccc4)cc3)c3ccc4oc5ccccc5c4c3)cc2)c2cc(N(c3ccc(-c4ccccc4)cc3)c3ccc4oc5ccccc5c4c3)ccc21.Cc1ccc(N(c2ccc(-c3ccccc3)cc2)c2ccc(C3(C)CC(C)(C)c4ccc(N(c5ccc(-c6ccccc6)cc5)c5ccc(C)c(-c6ccccc6)c5)cc43)cc2)cc1-c1ccccc1. The van der Waals surface area contributed by atoms with E-state index in [9.17, 15) is 0 Å². The fraction of sp³-hybridized carbons (Fsp3) is 0.104. The van der Waals surface area contributed by atoms with E-state index < -0.39 is 0 Å². The Morgan fingerprint density at radius 3 is 0.707 bits per heavy atom. The minimum Gasteiger partial charge on any atom is -0.456 e. The third kappa shape index (κ3) is 16.4. The number of para-hydroxylation sites is 2. The van der Waals surface area contributed by atoms with Gasteiger partial charge in [-0.3, -0.25) is 0 Å². The van der Waals surface area contributed by atoms with Crippen LogP contribution >= 0.6 is 0 Å². The summed E-state index contributed by atoms with van der Waals surface area (Å²) in [7, 11) is 0. The summed E-state index contributed by atoms with van der Waals surface area (Å²) >= 11 is 0. The third-order valence-electron chi connectivity index (χ3n) is 29.6. The molecule has 6 nitrogen and oxygen atoms in total. The molecule has 0 bridgehead atoms. The van der Waals surface area contributed by atoms with Crippen molar-refractivity contribution in [2.45, 2.75) is 89.9 Å². The van der Waals surface area contributed by atoms with Crippen LogP contribution in [0.5, 0.6) is 0 Å². The van der Waals surface area contributed by atoms with E-state index in [2.05, 4.69) is 536 Å². The van der Waals surface area contributed by atoms with Gasteiger partial charge >= 0.3 is 0 Å². The minimum absolute atomic E-state index is 0.0317. The number of fused-ring (bicyclic) bond motifs is 8. The van der Waals surface area contributed by atoms with Crippen LogP contribution in [-0.2, 0) is 21.7 Å². The van der Waals surface area contributed by atoms with Gasteiger partial charge in [0.05, 0.1) is 0 Å². The molecule has 2 atom stereocenters. The van der Waals surface area contributed by atoms with Gasteiger partial charge in [0.25, 0.3) is 0 Å². The van der Waals surface area contributed by atoms with Gasteiger partial charge in [-0.05, 0) is 319 Å². The number of aryl methyl sites for hydroxylation is 2. The zero-order chi connectivity index (χ0) is 94.8. The van der Waals surface area contributed by atoms with Crippen molar-refractivity contribution in [2.24, 2.45) is 0 Å². The Morgan fingerprint density at radius 1 is 0.179 bits per heavy atom. The lowest BCUT2D eigenvalue weighted by Crippen LogP contribution is -2.23. The molecule has 2 unspecified atom stereocenters. The van der Waals surface area contributed by atoms with E-state index in [0.29, 0.717) is 0 Å². The molecule has 6 heteroatoms. The standard InChI is InChI=1S/C68H58N2.C66H50N2O2/c1-48-26-34-60(44-63(48)54-22-14-8-15-23-54)69(57-36-28-52(29-37-57)50-18-10-6-11-19-50)59-40-32-56(33-41-59)68(5)47-67(3,4)65-43-42-62(46-66(65)68)70(58-38-30-53(31-39-58)51-20-12-7-13-21-51)61-35-27-49(2)64(45-61)55-24-16-9-17-25-55;1-65(2)43-66(3,48-26-32-51(33-27-48)67(49-28-22-46(23-29-49)44-14-6-4-7-15-44)52-35-38-63-57(40-52)55-18-10-12-20-61(55)69-63)60-42-54(34-37-59(60)65)68(50-30-24-47(25-31-50)45-16-8-5-9-17-45)53-36-39-64-58(41-53)56-19-11-13-21-62(56)70-64/h6-46H,47H2,1-5H3;4-42H,43H2,1-3H3. The number of hydrogen-bond donors (Lipinski definition) is 0. The Labute approximate surface area is 821 Å². The van der Waals surface area contributed by atoms with Crippen molar-refractivity contribution in [3.05, 3.63) is 530 Å². The van der Waals surface area contributed by atoms with E-state index in [1.54, 1.807) is 0 Å². The summed E-state index contributed by atoms with van der Waals surface area (Å²) in [6.45, 7) is 19.0. The molecule has 22 aromatic rings. The lowest BCUT2D eigenvalue weighted by molar-refractivity contribution is 0.425. The normalized spacial score (nSPS) is 15.0. The van der Waals surface area contributed by atoms with Crippen molar-refractivity contribution >= 4 is 112 Å². The third-order valence-corrected chi connectivity index (χ3v) is 29.6. The maximum atomic E-state index is 6.32. The highest BCUT2D eigenvalue weighted by Gasteiger charge is 2.48. The molecule has 0 radical (unpaired) electrons. The van der Waals surface area contributed by atoms with Crippen molar-refractivity contribution in [3.63, 3.8) is 0 Å². The first kappa shape index (κ1) is 87.3. The van der Waals surface area contributed by atoms with Crippen LogP contribution < -0.4 is 19.6 Å². The van der Waals surface area contributed by atoms with Crippen LogP contribution in [-0.4, -0.2) is 0 Å². The molecular weight excluding hydrogens is 1700 g/mol. The van der Waals surface area contributed by atoms with Gasteiger partial charge < -0.3 is 28.4 Å². The summed E-state index contributed by atoms with van der Waals surface area (Å²) < 4.78 is 12.6. The predicted octanol–water partition coefficient (Wildman–Crippen LogP) is 37.6. The average molecular weight is 1810 g/mol. The van der Waals surface area contributed by atoms with Gasteiger partial charge in [0.15, 0.2) is 0 Å². The summed E-state index contributed by atoms with van der Waals surface area (Å²) in [6, 6.07) is 177. The zero-order valence-electron chi connectivity index (χ0n) is 80.2. The predicted molar refractivity (Wildman–Crippen MR) is 589 cm³/mol. The van der Waals surface area contributed by atoms with E-state index in [0.717, 1.165) is 125 Å². The van der Waals surface area contributed by atoms with Crippen molar-refractivity contribution in [1.29, 1.82) is 0 Å². The molecule has 2 aliphatic carbocycles. The summed E-state index contributed by atoms with van der Waals surface area (Å²) in [5.41, 5.74) is 41.4. The number of anilines is 12. The number of hydrogen-bond acceptors (Lipinski definition) is 6. The second-order valence-corrected chi connectivity index (χ2v) is 39.6. The maximum Gasteiger partial charge on any atom is 0.135 e. The highest BCUT2D eigenvalue weighted by Crippen LogP contribution is 2.58. The van der Waals surface area contributed by atoms with Crippen molar-refractivity contribution in [3.8, 4) is 66.8 Å². The first-order valence-electron chi connectivity index (χ1n) is 48.9. The summed E-state index contributed by atoms with van der Waals surface area (Å²) in [6.07, 6.45) is 1.97. The molecule has 0 aliphatic heterocycles. The van der Waals surface area contributed by atoms with Crippen molar-refractivity contribution in [1.82, 2.24) is 0 Å². The van der Waals surface area contributed by atoms with E-state index in [4.69, 9.17) is 8.83 Å². The Balaban J connectivity index is 0.000000156. The Hall–Kier alpha value is -16.8. The van der Waals surface area contributed by atoms with Gasteiger partial charge in [-0.1, -0.05) is 357 Å². The molecule has 0 saturated heterocycles. The lowest BCUT2D eigenvalue weighted by Gasteiger charge is -2.31. The Bertz CT molecular complexity index is 8290. The molecule has 0 spiro atoms. The zero-order valence-corrected chi connectivity index (χ0v) is 80.2. The summed E-state index contributed by atoms with van der Waals surface area (Å²) in [4.78, 5) is 9.63. The Kier molecular flexibility index (Phi) is 22.5. The number of rotatable bonds is 20. The van der Waals surface area contributed by atoms with Crippen LogP contribution in [0, 0.1) is 13.8 Å². The van der Waals surface area contributed by atoms with Gasteiger partial charge in [0, 0.05) is 101 Å². The largest absolute Gasteiger partial charge is 0.456 e.